The maximum atomic E-state index is 14.3. The lowest BCUT2D eigenvalue weighted by molar-refractivity contribution is -0.151. The number of carbonyl (C=O) groups is 1. The number of benzene rings is 2. The first-order valence-corrected chi connectivity index (χ1v) is 8.95. The van der Waals surface area contributed by atoms with Gasteiger partial charge in [0.1, 0.15) is 11.9 Å². The normalized spacial score (nSPS) is 16.4. The van der Waals surface area contributed by atoms with Gasteiger partial charge < -0.3 is 4.74 Å². The molecule has 2 aromatic rings. The van der Waals surface area contributed by atoms with Crippen LogP contribution in [0.15, 0.2) is 54.6 Å². The molecule has 1 fully saturated rings. The Morgan fingerprint density at radius 3 is 2.40 bits per heavy atom. The van der Waals surface area contributed by atoms with Gasteiger partial charge in [0.25, 0.3) is 0 Å². The lowest BCUT2D eigenvalue weighted by atomic mass is 10.0. The van der Waals surface area contributed by atoms with Gasteiger partial charge in [0.2, 0.25) is 0 Å². The minimum absolute atomic E-state index is 0.307. The molecule has 25 heavy (non-hydrogen) atoms. The van der Waals surface area contributed by atoms with E-state index in [9.17, 15) is 9.18 Å². The number of halogens is 1. The second-order valence-electron chi connectivity index (χ2n) is 6.42. The van der Waals surface area contributed by atoms with Crippen molar-refractivity contribution in [2.75, 3.05) is 19.7 Å². The van der Waals surface area contributed by atoms with Gasteiger partial charge in [-0.3, -0.25) is 4.90 Å². The van der Waals surface area contributed by atoms with Gasteiger partial charge in [-0.15, -0.1) is 0 Å². The summed E-state index contributed by atoms with van der Waals surface area (Å²) in [5, 5.41) is 0. The first kappa shape index (κ1) is 17.6. The third-order valence-electron chi connectivity index (χ3n) is 4.66. The van der Waals surface area contributed by atoms with E-state index < -0.39 is 6.04 Å². The zero-order valence-electron chi connectivity index (χ0n) is 14.4. The van der Waals surface area contributed by atoms with Gasteiger partial charge in [-0.2, -0.15) is 0 Å². The van der Waals surface area contributed by atoms with Crippen LogP contribution in [0.4, 0.5) is 4.39 Å². The molecular formula is C21H24FNO2. The number of nitrogens with zero attached hydrogens (tertiary/aromatic N) is 1. The number of likely N-dealkylation sites (tertiary alicyclic amines) is 1. The van der Waals surface area contributed by atoms with Crippen LogP contribution >= 0.6 is 0 Å². The molecule has 0 N–H and O–H groups in total. The molecule has 1 saturated heterocycles. The van der Waals surface area contributed by atoms with Crippen LogP contribution in [0, 0.1) is 5.82 Å². The summed E-state index contributed by atoms with van der Waals surface area (Å²) in [6.07, 6.45) is 3.88. The highest BCUT2D eigenvalue weighted by Crippen LogP contribution is 2.28. The quantitative estimate of drug-likeness (QED) is 0.740. The molecule has 1 heterocycles. The van der Waals surface area contributed by atoms with Crippen LogP contribution in [0.3, 0.4) is 0 Å². The molecule has 3 rings (SSSR count). The zero-order valence-corrected chi connectivity index (χ0v) is 14.4. The molecule has 1 aliphatic rings. The number of hydrogen-bond acceptors (Lipinski definition) is 3. The van der Waals surface area contributed by atoms with Crippen LogP contribution in [0.5, 0.6) is 0 Å². The molecule has 0 spiro atoms. The topological polar surface area (TPSA) is 29.5 Å². The lowest BCUT2D eigenvalue weighted by Crippen LogP contribution is -2.39. The van der Waals surface area contributed by atoms with E-state index in [2.05, 4.69) is 0 Å². The van der Waals surface area contributed by atoms with Crippen LogP contribution < -0.4 is 0 Å². The molecule has 0 amide bonds. The van der Waals surface area contributed by atoms with Crippen LogP contribution in [0.2, 0.25) is 0 Å². The average Bonchev–Trinajstić information content (AvgIpc) is 2.65. The van der Waals surface area contributed by atoms with E-state index in [4.69, 9.17) is 4.74 Å². The molecule has 4 heteroatoms. The third kappa shape index (κ3) is 4.67. The van der Waals surface area contributed by atoms with E-state index >= 15 is 0 Å². The van der Waals surface area contributed by atoms with Gasteiger partial charge in [-0.05, 0) is 37.6 Å². The molecular weight excluding hydrogens is 317 g/mol. The van der Waals surface area contributed by atoms with Gasteiger partial charge in [-0.1, -0.05) is 55.0 Å². The van der Waals surface area contributed by atoms with E-state index in [1.54, 1.807) is 18.2 Å². The Hall–Kier alpha value is -2.20. The van der Waals surface area contributed by atoms with E-state index in [0.29, 0.717) is 18.6 Å². The van der Waals surface area contributed by atoms with E-state index in [1.807, 2.05) is 35.2 Å². The predicted molar refractivity (Wildman–Crippen MR) is 95.7 cm³/mol. The van der Waals surface area contributed by atoms with Gasteiger partial charge in [0, 0.05) is 12.0 Å². The maximum absolute atomic E-state index is 14.3. The van der Waals surface area contributed by atoms with Crippen LogP contribution in [-0.4, -0.2) is 30.6 Å². The van der Waals surface area contributed by atoms with Crippen molar-refractivity contribution in [3.05, 3.63) is 71.5 Å². The maximum Gasteiger partial charge on any atom is 0.328 e. The van der Waals surface area contributed by atoms with Gasteiger partial charge >= 0.3 is 5.97 Å². The zero-order chi connectivity index (χ0) is 17.5. The van der Waals surface area contributed by atoms with Crippen molar-refractivity contribution in [2.45, 2.75) is 31.7 Å². The molecule has 1 unspecified atom stereocenters. The summed E-state index contributed by atoms with van der Waals surface area (Å²) in [5.41, 5.74) is 1.53. The number of piperidine rings is 1. The summed E-state index contributed by atoms with van der Waals surface area (Å²) in [4.78, 5) is 14.8. The van der Waals surface area contributed by atoms with Crippen molar-refractivity contribution < 1.29 is 13.9 Å². The molecule has 0 aliphatic carbocycles. The summed E-state index contributed by atoms with van der Waals surface area (Å²) >= 11 is 0. The summed E-state index contributed by atoms with van der Waals surface area (Å²) in [5.74, 6) is -0.707. The Bertz CT molecular complexity index is 683. The fourth-order valence-corrected chi connectivity index (χ4v) is 3.34. The Kier molecular flexibility index (Phi) is 6.18. The number of hydrogen-bond donors (Lipinski definition) is 0. The van der Waals surface area contributed by atoms with Crippen molar-refractivity contribution in [2.24, 2.45) is 0 Å². The molecule has 2 aromatic carbocycles. The van der Waals surface area contributed by atoms with Gasteiger partial charge in [0.15, 0.2) is 0 Å². The molecule has 0 bridgehead atoms. The molecule has 0 aromatic heterocycles. The van der Waals surface area contributed by atoms with Crippen LogP contribution in [0.1, 0.15) is 36.4 Å². The van der Waals surface area contributed by atoms with Crippen molar-refractivity contribution in [3.63, 3.8) is 0 Å². The first-order chi connectivity index (χ1) is 12.3. The van der Waals surface area contributed by atoms with Crippen LogP contribution in [-0.2, 0) is 16.0 Å². The molecule has 0 radical (unpaired) electrons. The number of carbonyl (C=O) groups excluding carboxylic acids is 1. The Labute approximate surface area is 148 Å². The van der Waals surface area contributed by atoms with E-state index in [-0.39, 0.29) is 11.8 Å². The SMILES string of the molecule is O=C(OCCc1ccccc1)C(c1ccccc1F)N1CCCCC1. The average molecular weight is 341 g/mol. The first-order valence-electron chi connectivity index (χ1n) is 8.95. The smallest absolute Gasteiger partial charge is 0.328 e. The van der Waals surface area contributed by atoms with E-state index in [1.165, 1.54) is 6.07 Å². The van der Waals surface area contributed by atoms with Crippen molar-refractivity contribution >= 4 is 5.97 Å². The second kappa shape index (κ2) is 8.77. The largest absolute Gasteiger partial charge is 0.464 e. The number of esters is 1. The van der Waals surface area contributed by atoms with Crippen molar-refractivity contribution in [3.8, 4) is 0 Å². The summed E-state index contributed by atoms with van der Waals surface area (Å²) in [6.45, 7) is 1.90. The molecule has 1 aliphatic heterocycles. The number of rotatable bonds is 6. The Morgan fingerprint density at radius 2 is 1.68 bits per heavy atom. The summed E-state index contributed by atoms with van der Waals surface area (Å²) in [7, 11) is 0. The fraction of sp³-hybridized carbons (Fsp3) is 0.381. The molecule has 1 atom stereocenters. The highest BCUT2D eigenvalue weighted by molar-refractivity contribution is 5.77. The molecule has 3 nitrogen and oxygen atoms in total. The highest BCUT2D eigenvalue weighted by atomic mass is 19.1. The molecule has 132 valence electrons. The monoisotopic (exact) mass is 341 g/mol. The minimum atomic E-state index is -0.655. The Morgan fingerprint density at radius 1 is 1.00 bits per heavy atom. The molecule has 0 saturated carbocycles. The lowest BCUT2D eigenvalue weighted by Gasteiger charge is -2.33. The van der Waals surface area contributed by atoms with Crippen molar-refractivity contribution in [1.29, 1.82) is 0 Å². The minimum Gasteiger partial charge on any atom is -0.464 e. The number of ether oxygens (including phenoxy) is 1. The summed E-state index contributed by atoms with van der Waals surface area (Å²) < 4.78 is 19.8. The predicted octanol–water partition coefficient (Wildman–Crippen LogP) is 4.14. The van der Waals surface area contributed by atoms with Crippen LogP contribution in [0.25, 0.3) is 0 Å². The third-order valence-corrected chi connectivity index (χ3v) is 4.66. The standard InChI is InChI=1S/C21H24FNO2/c22-19-12-6-5-11-18(19)20(23-14-7-2-8-15-23)21(24)25-16-13-17-9-3-1-4-10-17/h1,3-6,9-12,20H,2,7-8,13-16H2. The van der Waals surface area contributed by atoms with Crippen molar-refractivity contribution in [1.82, 2.24) is 4.90 Å². The summed E-state index contributed by atoms with van der Waals surface area (Å²) in [6, 6.07) is 15.8. The van der Waals surface area contributed by atoms with Gasteiger partial charge in [0.05, 0.1) is 6.61 Å². The van der Waals surface area contributed by atoms with Gasteiger partial charge in [-0.25, -0.2) is 9.18 Å². The second-order valence-corrected chi connectivity index (χ2v) is 6.42. The Balaban J connectivity index is 1.69. The fourth-order valence-electron chi connectivity index (χ4n) is 3.34. The van der Waals surface area contributed by atoms with E-state index in [0.717, 1.165) is 37.9 Å². The highest BCUT2D eigenvalue weighted by Gasteiger charge is 2.31.